The molecule has 100 valence electrons. The largest absolute Gasteiger partial charge is 0.445 e. The van der Waals surface area contributed by atoms with Crippen molar-refractivity contribution in [3.05, 3.63) is 35.9 Å². The van der Waals surface area contributed by atoms with Gasteiger partial charge in [0, 0.05) is 13.7 Å². The predicted octanol–water partition coefficient (Wildman–Crippen LogP) is 2.24. The molecule has 5 heteroatoms. The zero-order valence-corrected chi connectivity index (χ0v) is 10.5. The molecule has 4 nitrogen and oxygen atoms in total. The highest BCUT2D eigenvalue weighted by molar-refractivity contribution is 5.67. The Kier molecular flexibility index (Phi) is 6.79. The average Bonchev–Trinajstić information content (AvgIpc) is 2.42. The Labute approximate surface area is 106 Å². The van der Waals surface area contributed by atoms with Crippen LogP contribution in [0, 0.1) is 0 Å². The number of hydrogen-bond acceptors (Lipinski definition) is 3. The van der Waals surface area contributed by atoms with Gasteiger partial charge in [0.05, 0.1) is 13.2 Å². The van der Waals surface area contributed by atoms with Gasteiger partial charge < -0.3 is 14.4 Å². The minimum atomic E-state index is -0.593. The first-order valence-corrected chi connectivity index (χ1v) is 5.78. The van der Waals surface area contributed by atoms with Crippen molar-refractivity contribution in [3.8, 4) is 0 Å². The molecule has 0 radical (unpaired) electrons. The standard InChI is InChI=1S/C13H18FNO3/c1-17-10-9-15(8-7-14)13(16)18-11-12-5-3-2-4-6-12/h2-6H,7-11H2,1H3. The number of methoxy groups -OCH3 is 1. The van der Waals surface area contributed by atoms with Crippen LogP contribution in [-0.2, 0) is 16.1 Å². The van der Waals surface area contributed by atoms with Gasteiger partial charge in [0.15, 0.2) is 0 Å². The number of carbonyl (C=O) groups excluding carboxylic acids is 1. The molecule has 0 unspecified atom stereocenters. The molecule has 18 heavy (non-hydrogen) atoms. The molecule has 1 rings (SSSR count). The van der Waals surface area contributed by atoms with Crippen molar-refractivity contribution < 1.29 is 18.7 Å². The molecule has 0 aromatic heterocycles. The van der Waals surface area contributed by atoms with Gasteiger partial charge in [-0.25, -0.2) is 9.18 Å². The highest BCUT2D eigenvalue weighted by atomic mass is 19.1. The van der Waals surface area contributed by atoms with Crippen molar-refractivity contribution in [1.29, 1.82) is 0 Å². The van der Waals surface area contributed by atoms with Crippen molar-refractivity contribution in [2.45, 2.75) is 6.61 Å². The van der Waals surface area contributed by atoms with Crippen molar-refractivity contribution in [2.75, 3.05) is 33.5 Å². The van der Waals surface area contributed by atoms with Crippen LogP contribution in [0.1, 0.15) is 5.56 Å². The third-order valence-electron chi connectivity index (χ3n) is 2.38. The van der Waals surface area contributed by atoms with Crippen LogP contribution in [0.2, 0.25) is 0 Å². The zero-order valence-electron chi connectivity index (χ0n) is 10.5. The number of rotatable bonds is 7. The second-order valence-corrected chi connectivity index (χ2v) is 3.71. The number of hydrogen-bond donors (Lipinski definition) is 0. The summed E-state index contributed by atoms with van der Waals surface area (Å²) in [4.78, 5) is 13.0. The van der Waals surface area contributed by atoms with E-state index in [9.17, 15) is 9.18 Å². The van der Waals surface area contributed by atoms with E-state index in [1.54, 1.807) is 0 Å². The number of ether oxygens (including phenoxy) is 2. The highest BCUT2D eigenvalue weighted by Gasteiger charge is 2.14. The molecular formula is C13H18FNO3. The van der Waals surface area contributed by atoms with Gasteiger partial charge in [-0.05, 0) is 5.56 Å². The Hall–Kier alpha value is -1.62. The van der Waals surface area contributed by atoms with Crippen molar-refractivity contribution in [1.82, 2.24) is 4.90 Å². The maximum atomic E-state index is 12.3. The van der Waals surface area contributed by atoms with E-state index >= 15 is 0 Å². The molecule has 1 amide bonds. The summed E-state index contributed by atoms with van der Waals surface area (Å²) in [6, 6.07) is 9.35. The van der Waals surface area contributed by atoms with Gasteiger partial charge in [-0.3, -0.25) is 0 Å². The van der Waals surface area contributed by atoms with Gasteiger partial charge in [0.1, 0.15) is 13.3 Å². The molecule has 0 saturated carbocycles. The molecule has 0 bridgehead atoms. The lowest BCUT2D eigenvalue weighted by Gasteiger charge is -2.20. The maximum absolute atomic E-state index is 12.3. The molecule has 0 fully saturated rings. The van der Waals surface area contributed by atoms with Crippen LogP contribution < -0.4 is 0 Å². The first-order valence-electron chi connectivity index (χ1n) is 5.78. The lowest BCUT2D eigenvalue weighted by molar-refractivity contribution is 0.0800. The summed E-state index contributed by atoms with van der Waals surface area (Å²) in [6.07, 6.45) is -0.520. The third kappa shape index (κ3) is 5.14. The lowest BCUT2D eigenvalue weighted by atomic mass is 10.2. The van der Waals surface area contributed by atoms with E-state index in [-0.39, 0.29) is 13.2 Å². The summed E-state index contributed by atoms with van der Waals surface area (Å²) < 4.78 is 22.3. The van der Waals surface area contributed by atoms with Crippen LogP contribution in [0.3, 0.4) is 0 Å². The predicted molar refractivity (Wildman–Crippen MR) is 66.1 cm³/mol. The van der Waals surface area contributed by atoms with Crippen LogP contribution in [0.15, 0.2) is 30.3 Å². The van der Waals surface area contributed by atoms with Crippen LogP contribution in [0.25, 0.3) is 0 Å². The number of amides is 1. The Morgan fingerprint density at radius 2 is 2.00 bits per heavy atom. The Balaban J connectivity index is 2.40. The third-order valence-corrected chi connectivity index (χ3v) is 2.38. The van der Waals surface area contributed by atoms with Crippen molar-refractivity contribution in [3.63, 3.8) is 0 Å². The monoisotopic (exact) mass is 255 g/mol. The fourth-order valence-electron chi connectivity index (χ4n) is 1.41. The number of benzene rings is 1. The van der Waals surface area contributed by atoms with E-state index in [1.807, 2.05) is 30.3 Å². The number of nitrogens with zero attached hydrogens (tertiary/aromatic N) is 1. The average molecular weight is 255 g/mol. The van der Waals surface area contributed by atoms with Crippen LogP contribution in [0.4, 0.5) is 9.18 Å². The van der Waals surface area contributed by atoms with E-state index in [1.165, 1.54) is 12.0 Å². The van der Waals surface area contributed by atoms with Crippen molar-refractivity contribution in [2.24, 2.45) is 0 Å². The fraction of sp³-hybridized carbons (Fsp3) is 0.462. The summed E-state index contributed by atoms with van der Waals surface area (Å²) in [6.45, 7) is 0.311. The summed E-state index contributed by atoms with van der Waals surface area (Å²) >= 11 is 0. The minimum Gasteiger partial charge on any atom is -0.445 e. The smallest absolute Gasteiger partial charge is 0.410 e. The van der Waals surface area contributed by atoms with Gasteiger partial charge in [0.25, 0.3) is 0 Å². The van der Waals surface area contributed by atoms with Gasteiger partial charge in [-0.2, -0.15) is 0 Å². The van der Waals surface area contributed by atoms with E-state index in [0.29, 0.717) is 13.2 Å². The van der Waals surface area contributed by atoms with Gasteiger partial charge in [-0.1, -0.05) is 30.3 Å². The number of halogens is 1. The molecule has 0 spiro atoms. The molecule has 0 N–H and O–H groups in total. The van der Waals surface area contributed by atoms with E-state index in [2.05, 4.69) is 0 Å². The molecule has 1 aromatic carbocycles. The maximum Gasteiger partial charge on any atom is 0.410 e. The minimum absolute atomic E-state index is 0.0248. The molecule has 0 atom stereocenters. The number of carbonyl (C=O) groups is 1. The zero-order chi connectivity index (χ0) is 13.2. The van der Waals surface area contributed by atoms with Gasteiger partial charge in [0.2, 0.25) is 0 Å². The Morgan fingerprint density at radius 1 is 1.28 bits per heavy atom. The summed E-state index contributed by atoms with van der Waals surface area (Å²) in [7, 11) is 1.53. The Bertz CT molecular complexity index is 345. The molecular weight excluding hydrogens is 237 g/mol. The first kappa shape index (κ1) is 14.4. The summed E-state index contributed by atoms with van der Waals surface area (Å²) in [5, 5.41) is 0. The molecule has 0 heterocycles. The first-order chi connectivity index (χ1) is 8.77. The summed E-state index contributed by atoms with van der Waals surface area (Å²) in [5.74, 6) is 0. The molecule has 0 aliphatic rings. The molecule has 0 aliphatic heterocycles. The van der Waals surface area contributed by atoms with E-state index < -0.39 is 12.8 Å². The topological polar surface area (TPSA) is 38.8 Å². The van der Waals surface area contributed by atoms with Crippen molar-refractivity contribution >= 4 is 6.09 Å². The molecule has 0 aliphatic carbocycles. The van der Waals surface area contributed by atoms with E-state index in [4.69, 9.17) is 9.47 Å². The summed E-state index contributed by atoms with van der Waals surface area (Å²) in [5.41, 5.74) is 0.901. The normalized spacial score (nSPS) is 10.1. The second kappa shape index (κ2) is 8.47. The SMILES string of the molecule is COCCN(CCF)C(=O)OCc1ccccc1. The Morgan fingerprint density at radius 3 is 2.61 bits per heavy atom. The fourth-order valence-corrected chi connectivity index (χ4v) is 1.41. The van der Waals surface area contributed by atoms with E-state index in [0.717, 1.165) is 5.56 Å². The van der Waals surface area contributed by atoms with Crippen LogP contribution in [0.5, 0.6) is 0 Å². The second-order valence-electron chi connectivity index (χ2n) is 3.71. The van der Waals surface area contributed by atoms with Gasteiger partial charge in [-0.15, -0.1) is 0 Å². The van der Waals surface area contributed by atoms with Gasteiger partial charge >= 0.3 is 6.09 Å². The van der Waals surface area contributed by atoms with Crippen LogP contribution >= 0.6 is 0 Å². The molecule has 0 saturated heterocycles. The molecule has 1 aromatic rings. The quantitative estimate of drug-likeness (QED) is 0.750. The highest BCUT2D eigenvalue weighted by Crippen LogP contribution is 2.03. The van der Waals surface area contributed by atoms with Crippen LogP contribution in [-0.4, -0.2) is 44.5 Å². The number of alkyl halides is 1. The lowest BCUT2D eigenvalue weighted by Crippen LogP contribution is -2.36.